The number of benzene rings is 1. The largest absolute Gasteiger partial charge is 0.393 e. The lowest BCUT2D eigenvalue weighted by Crippen LogP contribution is -2.41. The van der Waals surface area contributed by atoms with Gasteiger partial charge in [0.05, 0.1) is 6.10 Å². The van der Waals surface area contributed by atoms with E-state index in [1.54, 1.807) is 0 Å². The number of aliphatic hydroxyl groups is 1. The lowest BCUT2D eigenvalue weighted by molar-refractivity contribution is 0.134. The van der Waals surface area contributed by atoms with Gasteiger partial charge in [-0.15, -0.1) is 24.0 Å². The van der Waals surface area contributed by atoms with Crippen molar-refractivity contribution in [2.45, 2.75) is 45.1 Å². The molecule has 23 heavy (non-hydrogen) atoms. The third-order valence-corrected chi connectivity index (χ3v) is 4.39. The Morgan fingerprint density at radius 2 is 2.00 bits per heavy atom. The van der Waals surface area contributed by atoms with E-state index < -0.39 is 0 Å². The van der Waals surface area contributed by atoms with Crippen LogP contribution in [-0.4, -0.2) is 36.8 Å². The van der Waals surface area contributed by atoms with E-state index in [9.17, 15) is 5.11 Å². The molecule has 0 spiro atoms. The number of aliphatic imine (C=N–C) groups is 1. The van der Waals surface area contributed by atoms with Crippen LogP contribution in [0.15, 0.2) is 35.3 Å². The van der Waals surface area contributed by atoms with Gasteiger partial charge in [0, 0.05) is 31.5 Å². The Kier molecular flexibility index (Phi) is 9.55. The van der Waals surface area contributed by atoms with Gasteiger partial charge in [-0.3, -0.25) is 4.99 Å². The molecule has 2 rings (SSSR count). The predicted octanol–water partition coefficient (Wildman–Crippen LogP) is 3.12. The quantitative estimate of drug-likeness (QED) is 0.369. The van der Waals surface area contributed by atoms with Crippen LogP contribution in [0, 0.1) is 5.92 Å². The van der Waals surface area contributed by atoms with Crippen molar-refractivity contribution in [1.29, 1.82) is 0 Å². The zero-order valence-corrected chi connectivity index (χ0v) is 16.5. The average molecular weight is 431 g/mol. The van der Waals surface area contributed by atoms with Crippen LogP contribution in [0.25, 0.3) is 0 Å². The summed E-state index contributed by atoms with van der Waals surface area (Å²) in [6.45, 7) is 6.67. The number of rotatable bonds is 6. The van der Waals surface area contributed by atoms with Crippen molar-refractivity contribution in [3.8, 4) is 0 Å². The van der Waals surface area contributed by atoms with Gasteiger partial charge in [0.15, 0.2) is 5.96 Å². The van der Waals surface area contributed by atoms with Crippen LogP contribution in [-0.2, 0) is 0 Å². The van der Waals surface area contributed by atoms with Crippen LogP contribution < -0.4 is 10.6 Å². The Bertz CT molecular complexity index is 467. The van der Waals surface area contributed by atoms with Crippen LogP contribution in [0.1, 0.15) is 44.6 Å². The molecule has 0 amide bonds. The number of halogens is 1. The summed E-state index contributed by atoms with van der Waals surface area (Å²) in [5, 5.41) is 16.6. The molecular weight excluding hydrogens is 401 g/mol. The van der Waals surface area contributed by atoms with E-state index in [4.69, 9.17) is 0 Å². The van der Waals surface area contributed by atoms with Crippen LogP contribution in [0.4, 0.5) is 0 Å². The first-order valence-corrected chi connectivity index (χ1v) is 8.46. The summed E-state index contributed by atoms with van der Waals surface area (Å²) in [6.07, 6.45) is 3.02. The van der Waals surface area contributed by atoms with Gasteiger partial charge < -0.3 is 15.7 Å². The molecule has 0 aliphatic heterocycles. The van der Waals surface area contributed by atoms with Crippen molar-refractivity contribution in [1.82, 2.24) is 10.6 Å². The molecule has 4 nitrogen and oxygen atoms in total. The topological polar surface area (TPSA) is 56.7 Å². The monoisotopic (exact) mass is 431 g/mol. The second kappa shape index (κ2) is 10.9. The van der Waals surface area contributed by atoms with Gasteiger partial charge in [-0.25, -0.2) is 0 Å². The van der Waals surface area contributed by atoms with Gasteiger partial charge in [0.2, 0.25) is 0 Å². The van der Waals surface area contributed by atoms with E-state index in [2.05, 4.69) is 53.7 Å². The minimum absolute atomic E-state index is 0. The lowest BCUT2D eigenvalue weighted by atomic mass is 10.0. The third kappa shape index (κ3) is 6.67. The van der Waals surface area contributed by atoms with Crippen LogP contribution in [0.5, 0.6) is 0 Å². The van der Waals surface area contributed by atoms with Crippen molar-refractivity contribution < 1.29 is 5.11 Å². The van der Waals surface area contributed by atoms with Crippen LogP contribution >= 0.6 is 24.0 Å². The van der Waals surface area contributed by atoms with Crippen LogP contribution in [0.3, 0.4) is 0 Å². The normalized spacial score (nSPS) is 22.3. The van der Waals surface area contributed by atoms with Crippen LogP contribution in [0.2, 0.25) is 0 Å². The number of nitrogens with zero attached hydrogens (tertiary/aromatic N) is 1. The van der Waals surface area contributed by atoms with Crippen molar-refractivity contribution in [2.24, 2.45) is 10.9 Å². The van der Waals surface area contributed by atoms with Crippen molar-refractivity contribution in [3.63, 3.8) is 0 Å². The maximum Gasteiger partial charge on any atom is 0.191 e. The molecular formula is C18H30IN3O. The number of hydrogen-bond acceptors (Lipinski definition) is 2. The molecule has 1 aromatic rings. The van der Waals surface area contributed by atoms with E-state index in [1.165, 1.54) is 5.56 Å². The predicted molar refractivity (Wildman–Crippen MR) is 108 cm³/mol. The zero-order chi connectivity index (χ0) is 15.8. The molecule has 3 N–H and O–H groups in total. The van der Waals surface area contributed by atoms with Crippen molar-refractivity contribution in [3.05, 3.63) is 35.9 Å². The first kappa shape index (κ1) is 20.2. The summed E-state index contributed by atoms with van der Waals surface area (Å²) in [5.74, 6) is 1.61. The summed E-state index contributed by atoms with van der Waals surface area (Å²) in [7, 11) is 0. The Morgan fingerprint density at radius 1 is 1.26 bits per heavy atom. The van der Waals surface area contributed by atoms with E-state index >= 15 is 0 Å². The SMILES string of the molecule is CCNC(=NCC(C)c1ccccc1)NCC1CCCC1O.I. The summed E-state index contributed by atoms with van der Waals surface area (Å²) in [5.41, 5.74) is 1.31. The first-order valence-electron chi connectivity index (χ1n) is 8.46. The van der Waals surface area contributed by atoms with E-state index in [0.717, 1.165) is 44.9 Å². The Morgan fingerprint density at radius 3 is 2.61 bits per heavy atom. The number of hydrogen-bond donors (Lipinski definition) is 3. The molecule has 3 unspecified atom stereocenters. The standard InChI is InChI=1S/C18H29N3O.HI/c1-3-19-18(21-13-16-10-7-11-17(16)22)20-12-14(2)15-8-5-4-6-9-15;/h4-6,8-9,14,16-17,22H,3,7,10-13H2,1-2H3,(H2,19,20,21);1H. The fourth-order valence-electron chi connectivity index (χ4n) is 2.94. The minimum Gasteiger partial charge on any atom is -0.393 e. The highest BCUT2D eigenvalue weighted by Gasteiger charge is 2.24. The van der Waals surface area contributed by atoms with Gasteiger partial charge in [-0.05, 0) is 25.3 Å². The van der Waals surface area contributed by atoms with Crippen molar-refractivity contribution >= 4 is 29.9 Å². The highest BCUT2D eigenvalue weighted by atomic mass is 127. The highest BCUT2D eigenvalue weighted by Crippen LogP contribution is 2.24. The minimum atomic E-state index is -0.154. The lowest BCUT2D eigenvalue weighted by Gasteiger charge is -2.18. The molecule has 5 heteroatoms. The Hall–Kier alpha value is -0.820. The summed E-state index contributed by atoms with van der Waals surface area (Å²) in [4.78, 5) is 4.69. The van der Waals surface area contributed by atoms with E-state index in [1.807, 2.05) is 6.07 Å². The fraction of sp³-hybridized carbons (Fsp3) is 0.611. The molecule has 1 aliphatic rings. The van der Waals surface area contributed by atoms with Crippen molar-refractivity contribution in [2.75, 3.05) is 19.6 Å². The second-order valence-electron chi connectivity index (χ2n) is 6.17. The Balaban J connectivity index is 0.00000264. The highest BCUT2D eigenvalue weighted by molar-refractivity contribution is 14.0. The third-order valence-electron chi connectivity index (χ3n) is 4.39. The average Bonchev–Trinajstić information content (AvgIpc) is 2.96. The summed E-state index contributed by atoms with van der Waals surface area (Å²) >= 11 is 0. The molecule has 0 radical (unpaired) electrons. The van der Waals surface area contributed by atoms with Gasteiger partial charge >= 0.3 is 0 Å². The number of aliphatic hydroxyl groups excluding tert-OH is 1. The number of nitrogens with one attached hydrogen (secondary N) is 2. The Labute approximate surface area is 157 Å². The molecule has 130 valence electrons. The van der Waals surface area contributed by atoms with Gasteiger partial charge in [-0.2, -0.15) is 0 Å². The van der Waals surface area contributed by atoms with Gasteiger partial charge in [0.25, 0.3) is 0 Å². The maximum atomic E-state index is 9.90. The molecule has 0 heterocycles. The molecule has 0 aromatic heterocycles. The summed E-state index contributed by atoms with van der Waals surface area (Å²) in [6, 6.07) is 10.5. The molecule has 1 aromatic carbocycles. The summed E-state index contributed by atoms with van der Waals surface area (Å²) < 4.78 is 0. The first-order chi connectivity index (χ1) is 10.7. The number of guanidine groups is 1. The molecule has 0 saturated heterocycles. The molecule has 0 bridgehead atoms. The molecule has 3 atom stereocenters. The smallest absolute Gasteiger partial charge is 0.191 e. The van der Waals surface area contributed by atoms with E-state index in [0.29, 0.717) is 11.8 Å². The molecule has 1 aliphatic carbocycles. The van der Waals surface area contributed by atoms with Gasteiger partial charge in [-0.1, -0.05) is 43.7 Å². The van der Waals surface area contributed by atoms with Gasteiger partial charge in [0.1, 0.15) is 0 Å². The zero-order valence-electron chi connectivity index (χ0n) is 14.2. The second-order valence-corrected chi connectivity index (χ2v) is 6.17. The fourth-order valence-corrected chi connectivity index (χ4v) is 2.94. The van der Waals surface area contributed by atoms with E-state index in [-0.39, 0.29) is 30.1 Å². The molecule has 1 saturated carbocycles. The molecule has 1 fully saturated rings. The maximum absolute atomic E-state index is 9.90.